The van der Waals surface area contributed by atoms with Crippen LogP contribution in [0, 0.1) is 17.8 Å². The number of hydrogen-bond donors (Lipinski definition) is 0. The summed E-state index contributed by atoms with van der Waals surface area (Å²) >= 11 is 0. The quantitative estimate of drug-likeness (QED) is 0.680. The number of hydrogen-bond acceptors (Lipinski definition) is 5. The van der Waals surface area contributed by atoms with E-state index in [0.717, 1.165) is 43.2 Å². The Morgan fingerprint density at radius 1 is 1.37 bits per heavy atom. The Morgan fingerprint density at radius 2 is 2.16 bits per heavy atom. The first-order chi connectivity index (χ1) is 9.21. The average molecular weight is 255 g/mol. The molecule has 0 atom stereocenters. The lowest BCUT2D eigenvalue weighted by Gasteiger charge is -2.55. The molecule has 1 spiro atoms. The number of aromatic nitrogens is 4. The molecular formula is C13H13N5O. The van der Waals surface area contributed by atoms with Crippen molar-refractivity contribution in [3.05, 3.63) is 12.0 Å². The fourth-order valence-corrected chi connectivity index (χ4v) is 2.80. The highest BCUT2D eigenvalue weighted by Crippen LogP contribution is 2.41. The zero-order chi connectivity index (χ0) is 13.0. The summed E-state index contributed by atoms with van der Waals surface area (Å²) in [5, 5.41) is 5.19. The topological polar surface area (TPSA) is 56.1 Å². The van der Waals surface area contributed by atoms with Crippen molar-refractivity contribution >= 4 is 16.9 Å². The van der Waals surface area contributed by atoms with Gasteiger partial charge in [0.1, 0.15) is 5.82 Å². The van der Waals surface area contributed by atoms with E-state index in [-0.39, 0.29) is 0 Å². The molecule has 2 saturated heterocycles. The number of anilines is 1. The molecule has 4 heterocycles. The van der Waals surface area contributed by atoms with E-state index in [1.807, 2.05) is 7.05 Å². The summed E-state index contributed by atoms with van der Waals surface area (Å²) in [7, 11) is 1.86. The van der Waals surface area contributed by atoms with Gasteiger partial charge in [0.05, 0.1) is 30.2 Å². The SMILES string of the molecule is C#Cc1nc(N2CC3(COC3)C2)c2cnn(C)c2n1. The fraction of sp³-hybridized carbons (Fsp3) is 0.462. The molecule has 2 fully saturated rings. The molecule has 0 radical (unpaired) electrons. The predicted octanol–water partition coefficient (Wildman–Crippen LogP) is 0.181. The highest BCUT2D eigenvalue weighted by Gasteiger charge is 2.49. The van der Waals surface area contributed by atoms with Crippen molar-refractivity contribution < 1.29 is 4.74 Å². The van der Waals surface area contributed by atoms with Crippen molar-refractivity contribution in [2.24, 2.45) is 12.5 Å². The summed E-state index contributed by atoms with van der Waals surface area (Å²) in [4.78, 5) is 11.0. The van der Waals surface area contributed by atoms with Gasteiger partial charge >= 0.3 is 0 Å². The smallest absolute Gasteiger partial charge is 0.208 e. The van der Waals surface area contributed by atoms with Crippen LogP contribution >= 0.6 is 0 Å². The van der Waals surface area contributed by atoms with Gasteiger partial charge in [-0.05, 0) is 5.92 Å². The van der Waals surface area contributed by atoms with Crippen LogP contribution in [-0.4, -0.2) is 46.1 Å². The number of fused-ring (bicyclic) bond motifs is 1. The fourth-order valence-electron chi connectivity index (χ4n) is 2.80. The first kappa shape index (κ1) is 10.8. The minimum Gasteiger partial charge on any atom is -0.380 e. The highest BCUT2D eigenvalue weighted by molar-refractivity contribution is 5.87. The lowest BCUT2D eigenvalue weighted by atomic mass is 9.78. The first-order valence-electron chi connectivity index (χ1n) is 6.20. The normalized spacial score (nSPS) is 20.1. The number of rotatable bonds is 1. The molecule has 19 heavy (non-hydrogen) atoms. The van der Waals surface area contributed by atoms with Crippen molar-refractivity contribution in [2.45, 2.75) is 0 Å². The molecule has 0 saturated carbocycles. The van der Waals surface area contributed by atoms with Crippen LogP contribution in [-0.2, 0) is 11.8 Å². The van der Waals surface area contributed by atoms with Gasteiger partial charge in [0.25, 0.3) is 0 Å². The standard InChI is InChI=1S/C13H13N5O/c1-3-10-15-11-9(4-14-17(11)2)12(16-10)18-5-13(6-18)7-19-8-13/h1,4H,5-8H2,2H3. The zero-order valence-electron chi connectivity index (χ0n) is 10.6. The van der Waals surface area contributed by atoms with Crippen LogP contribution in [0.25, 0.3) is 11.0 Å². The summed E-state index contributed by atoms with van der Waals surface area (Å²) in [5.41, 5.74) is 1.12. The first-order valence-corrected chi connectivity index (χ1v) is 6.20. The van der Waals surface area contributed by atoms with Crippen LogP contribution in [0.4, 0.5) is 5.82 Å². The molecule has 0 bridgehead atoms. The molecule has 2 aliphatic rings. The third kappa shape index (κ3) is 1.39. The van der Waals surface area contributed by atoms with Gasteiger partial charge in [-0.2, -0.15) is 5.10 Å². The lowest BCUT2D eigenvalue weighted by Crippen LogP contribution is -2.66. The Morgan fingerprint density at radius 3 is 2.79 bits per heavy atom. The third-order valence-electron chi connectivity index (χ3n) is 3.87. The van der Waals surface area contributed by atoms with Crippen LogP contribution in [0.5, 0.6) is 0 Å². The van der Waals surface area contributed by atoms with E-state index in [1.165, 1.54) is 0 Å². The monoisotopic (exact) mass is 255 g/mol. The van der Waals surface area contributed by atoms with Gasteiger partial charge in [-0.25, -0.2) is 9.97 Å². The molecule has 6 heteroatoms. The second kappa shape index (κ2) is 3.45. The van der Waals surface area contributed by atoms with Gasteiger partial charge in [0.2, 0.25) is 5.82 Å². The molecule has 0 aromatic carbocycles. The summed E-state index contributed by atoms with van der Waals surface area (Å²) in [5.74, 6) is 3.82. The Kier molecular flexibility index (Phi) is 1.96. The van der Waals surface area contributed by atoms with Crippen LogP contribution in [0.15, 0.2) is 6.20 Å². The largest absolute Gasteiger partial charge is 0.380 e. The van der Waals surface area contributed by atoms with Gasteiger partial charge in [-0.1, -0.05) is 0 Å². The van der Waals surface area contributed by atoms with Crippen LogP contribution < -0.4 is 4.90 Å². The molecule has 6 nitrogen and oxygen atoms in total. The Labute approximate surface area is 110 Å². The van der Waals surface area contributed by atoms with E-state index in [2.05, 4.69) is 25.9 Å². The Bertz CT molecular complexity index is 702. The van der Waals surface area contributed by atoms with Crippen LogP contribution in [0.1, 0.15) is 5.82 Å². The van der Waals surface area contributed by atoms with Crippen LogP contribution in [0.2, 0.25) is 0 Å². The number of aryl methyl sites for hydroxylation is 1. The second-order valence-electron chi connectivity index (χ2n) is 5.37. The maximum absolute atomic E-state index is 5.44. The van der Waals surface area contributed by atoms with Crippen molar-refractivity contribution in [3.8, 4) is 12.3 Å². The van der Waals surface area contributed by atoms with E-state index >= 15 is 0 Å². The zero-order valence-corrected chi connectivity index (χ0v) is 10.6. The van der Waals surface area contributed by atoms with Gasteiger partial charge < -0.3 is 9.64 Å². The number of ether oxygens (including phenoxy) is 1. The molecule has 0 N–H and O–H groups in total. The molecular weight excluding hydrogens is 242 g/mol. The van der Waals surface area contributed by atoms with Crippen molar-refractivity contribution in [2.75, 3.05) is 31.2 Å². The Balaban J connectivity index is 1.78. The maximum atomic E-state index is 5.44. The summed E-state index contributed by atoms with van der Waals surface area (Å²) in [6.07, 6.45) is 7.23. The highest BCUT2D eigenvalue weighted by atomic mass is 16.5. The second-order valence-corrected chi connectivity index (χ2v) is 5.37. The van der Waals surface area contributed by atoms with Gasteiger partial charge in [0, 0.05) is 20.1 Å². The summed E-state index contributed by atoms with van der Waals surface area (Å²) < 4.78 is 7.02. The van der Waals surface area contributed by atoms with E-state index < -0.39 is 0 Å². The lowest BCUT2D eigenvalue weighted by molar-refractivity contribution is -0.127. The van der Waals surface area contributed by atoms with Crippen molar-refractivity contribution in [1.29, 1.82) is 0 Å². The van der Waals surface area contributed by atoms with Crippen LogP contribution in [0.3, 0.4) is 0 Å². The van der Waals surface area contributed by atoms with Crippen molar-refractivity contribution in [1.82, 2.24) is 19.7 Å². The third-order valence-corrected chi connectivity index (χ3v) is 3.87. The molecule has 2 aromatic rings. The number of terminal acetylenes is 1. The van der Waals surface area contributed by atoms with Gasteiger partial charge in [0.15, 0.2) is 5.65 Å². The Hall–Kier alpha value is -2.13. The molecule has 0 aliphatic carbocycles. The average Bonchev–Trinajstić information content (AvgIpc) is 2.67. The molecule has 0 unspecified atom stereocenters. The van der Waals surface area contributed by atoms with E-state index in [1.54, 1.807) is 10.9 Å². The minimum atomic E-state index is 0.343. The van der Waals surface area contributed by atoms with Gasteiger partial charge in [-0.15, -0.1) is 6.42 Å². The molecule has 96 valence electrons. The summed E-state index contributed by atoms with van der Waals surface area (Å²) in [6.45, 7) is 3.65. The molecule has 2 aliphatic heterocycles. The summed E-state index contributed by atoms with van der Waals surface area (Å²) in [6, 6.07) is 0. The maximum Gasteiger partial charge on any atom is 0.208 e. The molecule has 4 rings (SSSR count). The number of nitrogens with zero attached hydrogens (tertiary/aromatic N) is 5. The van der Waals surface area contributed by atoms with E-state index in [0.29, 0.717) is 11.2 Å². The van der Waals surface area contributed by atoms with Crippen molar-refractivity contribution in [3.63, 3.8) is 0 Å². The van der Waals surface area contributed by atoms with Gasteiger partial charge in [-0.3, -0.25) is 4.68 Å². The predicted molar refractivity (Wildman–Crippen MR) is 69.7 cm³/mol. The van der Waals surface area contributed by atoms with E-state index in [4.69, 9.17) is 11.2 Å². The minimum absolute atomic E-state index is 0.343. The molecule has 2 aromatic heterocycles. The molecule has 0 amide bonds. The van der Waals surface area contributed by atoms with E-state index in [9.17, 15) is 0 Å².